The van der Waals surface area contributed by atoms with Crippen molar-refractivity contribution in [2.24, 2.45) is 0 Å². The fraction of sp³-hybridized carbons (Fsp3) is 0.632. The van der Waals surface area contributed by atoms with E-state index >= 15 is 0 Å². The van der Waals surface area contributed by atoms with E-state index < -0.39 is 5.97 Å². The summed E-state index contributed by atoms with van der Waals surface area (Å²) in [5.41, 5.74) is 1.09. The molecule has 0 spiro atoms. The van der Waals surface area contributed by atoms with Crippen molar-refractivity contribution in [2.75, 3.05) is 13.2 Å². The van der Waals surface area contributed by atoms with Gasteiger partial charge in [-0.1, -0.05) is 63.6 Å². The summed E-state index contributed by atoms with van der Waals surface area (Å²) in [6.45, 7) is 4.28. The fourth-order valence-corrected chi connectivity index (χ4v) is 2.18. The number of hydrogen-bond acceptors (Lipinski definition) is 3. The zero-order valence-electron chi connectivity index (χ0n) is 14.6. The lowest BCUT2D eigenvalue weighted by Crippen LogP contribution is -2.05. The number of para-hydroxylation sites is 1. The first-order valence-corrected chi connectivity index (χ1v) is 8.68. The second-order valence-corrected chi connectivity index (χ2v) is 5.53. The first kappa shape index (κ1) is 21.4. The number of ether oxygens (including phenoxy) is 1. The summed E-state index contributed by atoms with van der Waals surface area (Å²) in [6, 6.07) is 7.67. The van der Waals surface area contributed by atoms with Crippen LogP contribution in [0.5, 0.6) is 5.75 Å². The van der Waals surface area contributed by atoms with Gasteiger partial charge in [0.15, 0.2) is 0 Å². The molecule has 4 nitrogen and oxygen atoms in total. The monoisotopic (exact) mass is 324 g/mol. The van der Waals surface area contributed by atoms with Crippen molar-refractivity contribution in [3.8, 4) is 5.75 Å². The van der Waals surface area contributed by atoms with Crippen molar-refractivity contribution in [3.63, 3.8) is 0 Å². The van der Waals surface area contributed by atoms with Gasteiger partial charge in [-0.05, 0) is 31.4 Å². The summed E-state index contributed by atoms with van der Waals surface area (Å²) in [6.07, 6.45) is 10.3. The van der Waals surface area contributed by atoms with Crippen molar-refractivity contribution in [1.82, 2.24) is 0 Å². The zero-order chi connectivity index (χ0) is 17.3. The molecule has 23 heavy (non-hydrogen) atoms. The lowest BCUT2D eigenvalue weighted by molar-refractivity contribution is -0.142. The smallest absolute Gasteiger partial charge is 0.329 e. The molecular weight excluding hydrogens is 292 g/mol. The van der Waals surface area contributed by atoms with Gasteiger partial charge in [-0.2, -0.15) is 0 Å². The summed E-state index contributed by atoms with van der Waals surface area (Å²) >= 11 is 0. The van der Waals surface area contributed by atoms with E-state index in [-0.39, 0.29) is 6.61 Å². The molecule has 0 radical (unpaired) electrons. The fourth-order valence-electron chi connectivity index (χ4n) is 2.18. The number of aryl methyl sites for hydroxylation is 1. The Hall–Kier alpha value is -1.55. The van der Waals surface area contributed by atoms with E-state index in [2.05, 4.69) is 11.7 Å². The van der Waals surface area contributed by atoms with Crippen molar-refractivity contribution >= 4 is 5.97 Å². The molecule has 0 aromatic heterocycles. The van der Waals surface area contributed by atoms with Crippen LogP contribution in [0.2, 0.25) is 0 Å². The van der Waals surface area contributed by atoms with E-state index in [1.54, 1.807) is 13.0 Å². The Labute approximate surface area is 140 Å². The first-order valence-electron chi connectivity index (χ1n) is 8.68. The topological polar surface area (TPSA) is 66.8 Å². The van der Waals surface area contributed by atoms with Crippen LogP contribution in [0.1, 0.15) is 64.4 Å². The Kier molecular flexibility index (Phi) is 14.3. The number of unbranched alkanes of at least 4 members (excludes halogenated alkanes) is 6. The summed E-state index contributed by atoms with van der Waals surface area (Å²) < 4.78 is 4.50. The molecular formula is C19H32O4. The zero-order valence-corrected chi connectivity index (χ0v) is 14.6. The Bertz CT molecular complexity index is 404. The SMILES string of the molecule is CCCCCCCCCc1ccccc1O.CCOCC(=O)O. The number of carboxylic acid groups (broad SMARTS) is 1. The van der Waals surface area contributed by atoms with Crippen LogP contribution in [0.4, 0.5) is 0 Å². The van der Waals surface area contributed by atoms with Crippen LogP contribution in [0.3, 0.4) is 0 Å². The highest BCUT2D eigenvalue weighted by Gasteiger charge is 1.98. The number of aromatic hydroxyl groups is 1. The van der Waals surface area contributed by atoms with Crippen LogP contribution in [0.15, 0.2) is 24.3 Å². The van der Waals surface area contributed by atoms with Crippen LogP contribution in [0.25, 0.3) is 0 Å². The van der Waals surface area contributed by atoms with E-state index in [4.69, 9.17) is 5.11 Å². The van der Waals surface area contributed by atoms with Crippen molar-refractivity contribution in [2.45, 2.75) is 65.2 Å². The average molecular weight is 324 g/mol. The van der Waals surface area contributed by atoms with Crippen LogP contribution in [-0.2, 0) is 16.0 Å². The Morgan fingerprint density at radius 3 is 2.13 bits per heavy atom. The Morgan fingerprint density at radius 2 is 1.61 bits per heavy atom. The summed E-state index contributed by atoms with van der Waals surface area (Å²) in [4.78, 5) is 9.63. The van der Waals surface area contributed by atoms with Gasteiger partial charge in [0, 0.05) is 6.61 Å². The van der Waals surface area contributed by atoms with Crippen molar-refractivity contribution in [1.29, 1.82) is 0 Å². The first-order chi connectivity index (χ1) is 11.1. The van der Waals surface area contributed by atoms with Crippen molar-refractivity contribution in [3.05, 3.63) is 29.8 Å². The highest BCUT2D eigenvalue weighted by molar-refractivity contribution is 5.67. The van der Waals surface area contributed by atoms with Gasteiger partial charge in [0.05, 0.1) is 0 Å². The quantitative estimate of drug-likeness (QED) is 0.574. The predicted molar refractivity (Wildman–Crippen MR) is 93.9 cm³/mol. The molecule has 0 heterocycles. The number of carbonyl (C=O) groups is 1. The summed E-state index contributed by atoms with van der Waals surface area (Å²) in [5.74, 6) is -0.463. The molecule has 132 valence electrons. The minimum absolute atomic E-state index is 0.184. The maximum absolute atomic E-state index is 9.63. The molecule has 2 N–H and O–H groups in total. The van der Waals surface area contributed by atoms with E-state index in [0.29, 0.717) is 12.4 Å². The molecule has 0 fully saturated rings. The van der Waals surface area contributed by atoms with Crippen LogP contribution < -0.4 is 0 Å². The summed E-state index contributed by atoms with van der Waals surface area (Å²) in [7, 11) is 0. The number of phenols is 1. The van der Waals surface area contributed by atoms with Gasteiger partial charge in [0.1, 0.15) is 12.4 Å². The Balaban J connectivity index is 0.000000585. The lowest BCUT2D eigenvalue weighted by atomic mass is 10.0. The molecule has 0 unspecified atom stereocenters. The molecule has 0 aliphatic carbocycles. The van der Waals surface area contributed by atoms with Gasteiger partial charge in [-0.3, -0.25) is 0 Å². The van der Waals surface area contributed by atoms with Gasteiger partial charge < -0.3 is 14.9 Å². The Morgan fingerprint density at radius 1 is 1.00 bits per heavy atom. The maximum atomic E-state index is 9.63. The number of aliphatic carboxylic acids is 1. The number of hydrogen-bond donors (Lipinski definition) is 2. The van der Waals surface area contributed by atoms with Crippen LogP contribution in [0, 0.1) is 0 Å². The largest absolute Gasteiger partial charge is 0.508 e. The molecule has 0 aliphatic rings. The van der Waals surface area contributed by atoms with E-state index in [1.165, 1.54) is 44.9 Å². The van der Waals surface area contributed by atoms with Gasteiger partial charge >= 0.3 is 5.97 Å². The molecule has 0 aliphatic heterocycles. The molecule has 0 saturated heterocycles. The van der Waals surface area contributed by atoms with Crippen LogP contribution >= 0.6 is 0 Å². The van der Waals surface area contributed by atoms with E-state index in [0.717, 1.165) is 12.0 Å². The summed E-state index contributed by atoms with van der Waals surface area (Å²) in [5, 5.41) is 17.5. The van der Waals surface area contributed by atoms with E-state index in [1.807, 2.05) is 18.2 Å². The molecule has 1 aromatic rings. The molecule has 0 saturated carbocycles. The third-order valence-corrected chi connectivity index (χ3v) is 3.47. The van der Waals surface area contributed by atoms with Gasteiger partial charge in [0.2, 0.25) is 0 Å². The van der Waals surface area contributed by atoms with E-state index in [9.17, 15) is 9.90 Å². The number of phenolic OH excluding ortho intramolecular Hbond substituents is 1. The predicted octanol–water partition coefficient (Wildman–Crippen LogP) is 4.79. The maximum Gasteiger partial charge on any atom is 0.329 e. The van der Waals surface area contributed by atoms with Crippen molar-refractivity contribution < 1.29 is 19.7 Å². The number of benzene rings is 1. The molecule has 0 amide bonds. The second kappa shape index (κ2) is 15.3. The molecule has 1 rings (SSSR count). The second-order valence-electron chi connectivity index (χ2n) is 5.53. The standard InChI is InChI=1S/C15H24O.C4H8O3/c1-2-3-4-5-6-7-8-11-14-12-9-10-13-15(14)16;1-2-7-3-4(5)6/h9-10,12-13,16H,2-8,11H2,1H3;2-3H2,1H3,(H,5,6). The third kappa shape index (κ3) is 13.8. The van der Waals surface area contributed by atoms with Gasteiger partial charge in [-0.25, -0.2) is 4.79 Å². The highest BCUT2D eigenvalue weighted by atomic mass is 16.5. The van der Waals surface area contributed by atoms with Gasteiger partial charge in [0.25, 0.3) is 0 Å². The van der Waals surface area contributed by atoms with Gasteiger partial charge in [-0.15, -0.1) is 0 Å². The average Bonchev–Trinajstić information content (AvgIpc) is 2.54. The molecule has 4 heteroatoms. The third-order valence-electron chi connectivity index (χ3n) is 3.47. The number of carboxylic acids is 1. The lowest BCUT2D eigenvalue weighted by Gasteiger charge is -2.04. The number of rotatable bonds is 11. The minimum Gasteiger partial charge on any atom is -0.508 e. The van der Waals surface area contributed by atoms with Crippen LogP contribution in [-0.4, -0.2) is 29.4 Å². The molecule has 1 aromatic carbocycles. The normalized spacial score (nSPS) is 10.0. The molecule has 0 bridgehead atoms. The molecule has 0 atom stereocenters. The minimum atomic E-state index is -0.915. The highest BCUT2D eigenvalue weighted by Crippen LogP contribution is 2.18.